The lowest BCUT2D eigenvalue weighted by molar-refractivity contribution is 0.0524. The van der Waals surface area contributed by atoms with E-state index >= 15 is 0 Å². The van der Waals surface area contributed by atoms with Gasteiger partial charge in [0.25, 0.3) is 0 Å². The van der Waals surface area contributed by atoms with Crippen LogP contribution in [0.1, 0.15) is 30.4 Å². The molecule has 3 unspecified atom stereocenters. The highest BCUT2D eigenvalue weighted by Gasteiger charge is 2.34. The smallest absolute Gasteiger partial charge is 0.0659 e. The first-order valence-electron chi connectivity index (χ1n) is 9.48. The van der Waals surface area contributed by atoms with E-state index in [1.165, 1.54) is 30.4 Å². The molecule has 25 heavy (non-hydrogen) atoms. The number of benzene rings is 1. The van der Waals surface area contributed by atoms with Crippen LogP contribution in [0, 0.1) is 5.92 Å². The first-order chi connectivity index (χ1) is 12.4. The van der Waals surface area contributed by atoms with Crippen LogP contribution < -0.4 is 10.6 Å². The van der Waals surface area contributed by atoms with Gasteiger partial charge >= 0.3 is 0 Å². The van der Waals surface area contributed by atoms with Crippen LogP contribution in [0.15, 0.2) is 42.7 Å². The Bertz CT molecular complexity index is 651. The third-order valence-electron chi connectivity index (χ3n) is 5.48. The SMILES string of the molecule is c1ccc(Cn2cc(CNC3CCCC3C3COCCN3)cn2)cc1. The van der Waals surface area contributed by atoms with Crippen molar-refractivity contribution in [1.29, 1.82) is 0 Å². The van der Waals surface area contributed by atoms with Crippen molar-refractivity contribution in [3.8, 4) is 0 Å². The topological polar surface area (TPSA) is 51.1 Å². The van der Waals surface area contributed by atoms with Crippen molar-refractivity contribution in [2.45, 2.75) is 44.4 Å². The lowest BCUT2D eigenvalue weighted by Gasteiger charge is -2.33. The van der Waals surface area contributed by atoms with E-state index in [1.54, 1.807) is 0 Å². The molecule has 1 saturated carbocycles. The lowest BCUT2D eigenvalue weighted by Crippen LogP contribution is -2.50. The molecule has 1 aromatic carbocycles. The number of nitrogens with one attached hydrogen (secondary N) is 2. The fourth-order valence-electron chi connectivity index (χ4n) is 4.19. The Morgan fingerprint density at radius 2 is 2.12 bits per heavy atom. The summed E-state index contributed by atoms with van der Waals surface area (Å²) in [7, 11) is 0. The Hall–Kier alpha value is -1.69. The van der Waals surface area contributed by atoms with Gasteiger partial charge in [0.15, 0.2) is 0 Å². The van der Waals surface area contributed by atoms with Crippen molar-refractivity contribution in [3.05, 3.63) is 53.9 Å². The Morgan fingerprint density at radius 3 is 2.96 bits per heavy atom. The summed E-state index contributed by atoms with van der Waals surface area (Å²) < 4.78 is 7.68. The molecule has 2 heterocycles. The summed E-state index contributed by atoms with van der Waals surface area (Å²) in [5.41, 5.74) is 2.54. The molecule has 2 N–H and O–H groups in total. The highest BCUT2D eigenvalue weighted by molar-refractivity contribution is 5.15. The molecule has 134 valence electrons. The normalized spacial score (nSPS) is 26.8. The number of hydrogen-bond acceptors (Lipinski definition) is 4. The zero-order valence-corrected chi connectivity index (χ0v) is 14.7. The van der Waals surface area contributed by atoms with Gasteiger partial charge in [-0.3, -0.25) is 4.68 Å². The molecule has 0 bridgehead atoms. The molecule has 1 aliphatic heterocycles. The number of aromatic nitrogens is 2. The third-order valence-corrected chi connectivity index (χ3v) is 5.48. The number of rotatable bonds is 6. The summed E-state index contributed by atoms with van der Waals surface area (Å²) in [6, 6.07) is 11.6. The van der Waals surface area contributed by atoms with Crippen LogP contribution in [-0.4, -0.2) is 41.6 Å². The van der Waals surface area contributed by atoms with Crippen LogP contribution in [-0.2, 0) is 17.8 Å². The van der Waals surface area contributed by atoms with Crippen LogP contribution in [0.3, 0.4) is 0 Å². The predicted molar refractivity (Wildman–Crippen MR) is 98.3 cm³/mol. The summed E-state index contributed by atoms with van der Waals surface area (Å²) >= 11 is 0. The van der Waals surface area contributed by atoms with E-state index in [-0.39, 0.29) is 0 Å². The predicted octanol–water partition coefficient (Wildman–Crippen LogP) is 2.18. The van der Waals surface area contributed by atoms with Gasteiger partial charge in [0, 0.05) is 36.9 Å². The van der Waals surface area contributed by atoms with Crippen molar-refractivity contribution in [1.82, 2.24) is 20.4 Å². The maximum atomic E-state index is 5.66. The molecule has 5 heteroatoms. The average Bonchev–Trinajstić information content (AvgIpc) is 3.31. The molecule has 0 amide bonds. The summed E-state index contributed by atoms with van der Waals surface area (Å²) in [4.78, 5) is 0. The molecular formula is C20H28N4O. The Morgan fingerprint density at radius 1 is 1.20 bits per heavy atom. The van der Waals surface area contributed by atoms with Crippen molar-refractivity contribution in [2.75, 3.05) is 19.8 Å². The highest BCUT2D eigenvalue weighted by Crippen LogP contribution is 2.29. The van der Waals surface area contributed by atoms with Crippen LogP contribution in [0.2, 0.25) is 0 Å². The third kappa shape index (κ3) is 4.29. The van der Waals surface area contributed by atoms with E-state index in [9.17, 15) is 0 Å². The summed E-state index contributed by atoms with van der Waals surface area (Å²) in [6.07, 6.45) is 8.02. The van der Waals surface area contributed by atoms with E-state index in [4.69, 9.17) is 4.74 Å². The van der Waals surface area contributed by atoms with Gasteiger partial charge in [-0.1, -0.05) is 36.8 Å². The van der Waals surface area contributed by atoms with Crippen LogP contribution in [0.25, 0.3) is 0 Å². The number of nitrogens with zero attached hydrogens (tertiary/aromatic N) is 2. The van der Waals surface area contributed by atoms with Gasteiger partial charge in [0.2, 0.25) is 0 Å². The molecule has 2 aromatic rings. The second-order valence-corrected chi connectivity index (χ2v) is 7.25. The largest absolute Gasteiger partial charge is 0.379 e. The maximum Gasteiger partial charge on any atom is 0.0659 e. The first kappa shape index (κ1) is 16.8. The van der Waals surface area contributed by atoms with Gasteiger partial charge in [0.05, 0.1) is 26.0 Å². The lowest BCUT2D eigenvalue weighted by atomic mass is 9.94. The number of hydrogen-bond donors (Lipinski definition) is 2. The maximum absolute atomic E-state index is 5.66. The highest BCUT2D eigenvalue weighted by atomic mass is 16.5. The van der Waals surface area contributed by atoms with Crippen molar-refractivity contribution >= 4 is 0 Å². The van der Waals surface area contributed by atoms with Gasteiger partial charge in [0.1, 0.15) is 0 Å². The van der Waals surface area contributed by atoms with Gasteiger partial charge in [-0.2, -0.15) is 5.10 Å². The average molecular weight is 340 g/mol. The second-order valence-electron chi connectivity index (χ2n) is 7.25. The molecule has 1 aliphatic carbocycles. The fraction of sp³-hybridized carbons (Fsp3) is 0.550. The molecule has 0 radical (unpaired) electrons. The standard InChI is InChI=1S/C20H28N4O/c1-2-5-16(6-3-1)13-24-14-17(12-23-24)11-22-19-8-4-7-18(19)20-15-25-10-9-21-20/h1-3,5-6,12,14,18-22H,4,7-11,13,15H2. The van der Waals surface area contributed by atoms with Gasteiger partial charge in [-0.25, -0.2) is 0 Å². The Labute approximate surface area is 149 Å². The van der Waals surface area contributed by atoms with Crippen LogP contribution >= 0.6 is 0 Å². The van der Waals surface area contributed by atoms with Crippen molar-refractivity contribution in [2.24, 2.45) is 5.92 Å². The minimum atomic E-state index is 0.509. The fourth-order valence-corrected chi connectivity index (χ4v) is 4.19. The molecule has 5 nitrogen and oxygen atoms in total. The van der Waals surface area contributed by atoms with E-state index in [1.807, 2.05) is 16.9 Å². The molecule has 1 saturated heterocycles. The van der Waals surface area contributed by atoms with E-state index < -0.39 is 0 Å². The van der Waals surface area contributed by atoms with Gasteiger partial charge in [-0.15, -0.1) is 0 Å². The minimum absolute atomic E-state index is 0.509. The number of ether oxygens (including phenoxy) is 1. The van der Waals surface area contributed by atoms with Crippen molar-refractivity contribution in [3.63, 3.8) is 0 Å². The zero-order valence-electron chi connectivity index (χ0n) is 14.7. The first-order valence-corrected chi connectivity index (χ1v) is 9.48. The second kappa shape index (κ2) is 8.13. The van der Waals surface area contributed by atoms with E-state index in [2.05, 4.69) is 46.2 Å². The molecule has 1 aromatic heterocycles. The number of morpholine rings is 1. The molecule has 0 spiro atoms. The minimum Gasteiger partial charge on any atom is -0.379 e. The van der Waals surface area contributed by atoms with Crippen molar-refractivity contribution < 1.29 is 4.74 Å². The van der Waals surface area contributed by atoms with E-state index in [0.717, 1.165) is 32.8 Å². The molecule has 2 fully saturated rings. The zero-order chi connectivity index (χ0) is 16.9. The molecule has 3 atom stereocenters. The summed E-state index contributed by atoms with van der Waals surface area (Å²) in [5.74, 6) is 0.680. The molecule has 2 aliphatic rings. The monoisotopic (exact) mass is 340 g/mol. The van der Waals surface area contributed by atoms with E-state index in [0.29, 0.717) is 18.0 Å². The summed E-state index contributed by atoms with van der Waals surface area (Å²) in [5, 5.41) is 11.9. The molecule has 4 rings (SSSR count). The molecular weight excluding hydrogens is 312 g/mol. The van der Waals surface area contributed by atoms with Crippen LogP contribution in [0.5, 0.6) is 0 Å². The van der Waals surface area contributed by atoms with Gasteiger partial charge < -0.3 is 15.4 Å². The Kier molecular flexibility index (Phi) is 5.45. The van der Waals surface area contributed by atoms with Crippen LogP contribution in [0.4, 0.5) is 0 Å². The quantitative estimate of drug-likeness (QED) is 0.846. The van der Waals surface area contributed by atoms with Gasteiger partial charge in [-0.05, 0) is 24.3 Å². The summed E-state index contributed by atoms with van der Waals surface area (Å²) in [6.45, 7) is 4.42. The Balaban J connectivity index is 1.30.